The van der Waals surface area contributed by atoms with Gasteiger partial charge in [-0.3, -0.25) is 0 Å². The highest BCUT2D eigenvalue weighted by atomic mass is 35.5. The average molecular weight is 236 g/mol. The first-order chi connectivity index (χ1) is 7.68. The normalized spacial score (nSPS) is 17.9. The number of rotatable bonds is 2. The van der Waals surface area contributed by atoms with Crippen LogP contribution in [0.15, 0.2) is 18.2 Å². The largest absolute Gasteiger partial charge is 0.329 e. The van der Waals surface area contributed by atoms with E-state index in [2.05, 4.69) is 4.98 Å². The minimum Gasteiger partial charge on any atom is -0.329 e. The Balaban J connectivity index is 2.18. The Morgan fingerprint density at radius 3 is 2.88 bits per heavy atom. The minimum absolute atomic E-state index is 0.0495. The van der Waals surface area contributed by atoms with Crippen molar-refractivity contribution in [2.75, 3.05) is 0 Å². The van der Waals surface area contributed by atoms with Gasteiger partial charge in [-0.05, 0) is 30.9 Å². The number of hydrogen-bond acceptors (Lipinski definition) is 2. The predicted molar refractivity (Wildman–Crippen MR) is 65.4 cm³/mol. The number of aromatic nitrogens is 2. The second kappa shape index (κ2) is 3.47. The Kier molecular flexibility index (Phi) is 2.19. The van der Waals surface area contributed by atoms with E-state index < -0.39 is 0 Å². The number of para-hydroxylation sites is 1. The third-order valence-electron chi connectivity index (χ3n) is 3.31. The molecule has 1 aliphatic carbocycles. The minimum atomic E-state index is 0.0495. The molecule has 1 unspecified atom stereocenters. The summed E-state index contributed by atoms with van der Waals surface area (Å²) in [6.45, 7) is 0. The van der Waals surface area contributed by atoms with Crippen molar-refractivity contribution < 1.29 is 0 Å². The third-order valence-corrected chi connectivity index (χ3v) is 3.61. The summed E-state index contributed by atoms with van der Waals surface area (Å²) in [5, 5.41) is 0.738. The van der Waals surface area contributed by atoms with Crippen molar-refractivity contribution in [3.05, 3.63) is 29.0 Å². The van der Waals surface area contributed by atoms with Gasteiger partial charge in [-0.1, -0.05) is 17.7 Å². The lowest BCUT2D eigenvalue weighted by Crippen LogP contribution is -2.17. The van der Waals surface area contributed by atoms with Crippen LogP contribution in [0, 0.1) is 5.92 Å². The Morgan fingerprint density at radius 1 is 1.50 bits per heavy atom. The second-order valence-electron chi connectivity index (χ2n) is 4.50. The fraction of sp³-hybridized carbons (Fsp3) is 0.417. The van der Waals surface area contributed by atoms with E-state index in [0.29, 0.717) is 5.92 Å². The zero-order valence-electron chi connectivity index (χ0n) is 9.15. The Morgan fingerprint density at radius 2 is 2.25 bits per heavy atom. The SMILES string of the molecule is Cn1c(C(N)C2CC2)nc2cccc(Cl)c21. The molecule has 2 aromatic rings. The van der Waals surface area contributed by atoms with E-state index in [1.807, 2.05) is 29.8 Å². The van der Waals surface area contributed by atoms with Crippen molar-refractivity contribution in [3.8, 4) is 0 Å². The number of nitrogens with two attached hydrogens (primary N) is 1. The Bertz CT molecular complexity index is 542. The van der Waals surface area contributed by atoms with E-state index in [1.54, 1.807) is 0 Å². The third kappa shape index (κ3) is 1.43. The lowest BCUT2D eigenvalue weighted by molar-refractivity contribution is 0.574. The molecule has 1 atom stereocenters. The number of nitrogens with zero attached hydrogens (tertiary/aromatic N) is 2. The molecule has 0 saturated heterocycles. The Labute approximate surface area is 99.2 Å². The number of hydrogen-bond donors (Lipinski definition) is 1. The maximum Gasteiger partial charge on any atom is 0.126 e. The van der Waals surface area contributed by atoms with Crippen LogP contribution in [-0.4, -0.2) is 9.55 Å². The molecule has 3 rings (SSSR count). The van der Waals surface area contributed by atoms with Gasteiger partial charge in [0.25, 0.3) is 0 Å². The van der Waals surface area contributed by atoms with Crippen LogP contribution in [0.2, 0.25) is 5.02 Å². The summed E-state index contributed by atoms with van der Waals surface area (Å²) >= 11 is 6.17. The summed E-state index contributed by atoms with van der Waals surface area (Å²) in [4.78, 5) is 4.59. The van der Waals surface area contributed by atoms with Crippen LogP contribution in [-0.2, 0) is 7.05 Å². The molecule has 3 nitrogen and oxygen atoms in total. The fourth-order valence-corrected chi connectivity index (χ4v) is 2.50. The zero-order valence-corrected chi connectivity index (χ0v) is 9.91. The number of benzene rings is 1. The summed E-state index contributed by atoms with van der Waals surface area (Å²) in [7, 11) is 1.98. The summed E-state index contributed by atoms with van der Waals surface area (Å²) in [6.07, 6.45) is 2.44. The van der Waals surface area contributed by atoms with Gasteiger partial charge in [0.15, 0.2) is 0 Å². The van der Waals surface area contributed by atoms with Gasteiger partial charge in [-0.2, -0.15) is 0 Å². The van der Waals surface area contributed by atoms with Gasteiger partial charge < -0.3 is 10.3 Å². The maximum absolute atomic E-state index is 6.19. The highest BCUT2D eigenvalue weighted by Gasteiger charge is 2.32. The van der Waals surface area contributed by atoms with Gasteiger partial charge in [0.2, 0.25) is 0 Å². The van der Waals surface area contributed by atoms with E-state index in [4.69, 9.17) is 17.3 Å². The molecular formula is C12H14ClN3. The van der Waals surface area contributed by atoms with Gasteiger partial charge in [-0.25, -0.2) is 4.98 Å². The van der Waals surface area contributed by atoms with Crippen molar-refractivity contribution in [1.29, 1.82) is 0 Å². The monoisotopic (exact) mass is 235 g/mol. The molecule has 84 valence electrons. The quantitative estimate of drug-likeness (QED) is 0.870. The van der Waals surface area contributed by atoms with Crippen molar-refractivity contribution in [2.24, 2.45) is 18.7 Å². The molecule has 1 saturated carbocycles. The van der Waals surface area contributed by atoms with Crippen molar-refractivity contribution in [1.82, 2.24) is 9.55 Å². The predicted octanol–water partition coefficient (Wildman–Crippen LogP) is 2.64. The summed E-state index contributed by atoms with van der Waals surface area (Å²) in [5.74, 6) is 1.56. The van der Waals surface area contributed by atoms with Crippen molar-refractivity contribution in [2.45, 2.75) is 18.9 Å². The topological polar surface area (TPSA) is 43.8 Å². The number of imidazole rings is 1. The molecule has 0 spiro atoms. The van der Waals surface area contributed by atoms with Crippen molar-refractivity contribution >= 4 is 22.6 Å². The first-order valence-corrected chi connectivity index (χ1v) is 5.92. The molecule has 1 aliphatic rings. The van der Waals surface area contributed by atoms with E-state index >= 15 is 0 Å². The standard InChI is InChI=1S/C12H14ClN3/c1-16-11-8(13)3-2-4-9(11)15-12(16)10(14)7-5-6-7/h2-4,7,10H,5-6,14H2,1H3. The van der Waals surface area contributed by atoms with Gasteiger partial charge in [0.1, 0.15) is 5.82 Å². The molecule has 1 fully saturated rings. The first kappa shape index (κ1) is 10.1. The van der Waals surface area contributed by atoms with E-state index in [0.717, 1.165) is 21.9 Å². The van der Waals surface area contributed by atoms with Crippen LogP contribution < -0.4 is 5.73 Å². The number of halogens is 1. The van der Waals surface area contributed by atoms with E-state index in [1.165, 1.54) is 12.8 Å². The average Bonchev–Trinajstić information content (AvgIpc) is 3.04. The highest BCUT2D eigenvalue weighted by Crippen LogP contribution is 2.40. The maximum atomic E-state index is 6.19. The van der Waals surface area contributed by atoms with Crippen LogP contribution in [0.25, 0.3) is 11.0 Å². The highest BCUT2D eigenvalue weighted by molar-refractivity contribution is 6.35. The molecule has 0 radical (unpaired) electrons. The van der Waals surface area contributed by atoms with Crippen molar-refractivity contribution in [3.63, 3.8) is 0 Å². The summed E-state index contributed by atoms with van der Waals surface area (Å²) in [5.41, 5.74) is 8.10. The van der Waals surface area contributed by atoms with Crippen LogP contribution in [0.3, 0.4) is 0 Å². The van der Waals surface area contributed by atoms with Gasteiger partial charge in [0, 0.05) is 7.05 Å². The lowest BCUT2D eigenvalue weighted by atomic mass is 10.2. The summed E-state index contributed by atoms with van der Waals surface area (Å²) < 4.78 is 2.03. The molecule has 2 N–H and O–H groups in total. The van der Waals surface area contributed by atoms with Crippen LogP contribution in [0.1, 0.15) is 24.7 Å². The molecule has 16 heavy (non-hydrogen) atoms. The van der Waals surface area contributed by atoms with Crippen LogP contribution in [0.4, 0.5) is 0 Å². The first-order valence-electron chi connectivity index (χ1n) is 5.55. The molecule has 1 aromatic carbocycles. The zero-order chi connectivity index (χ0) is 11.3. The van der Waals surface area contributed by atoms with E-state index in [9.17, 15) is 0 Å². The number of aryl methyl sites for hydroxylation is 1. The van der Waals surface area contributed by atoms with Gasteiger partial charge >= 0.3 is 0 Å². The second-order valence-corrected chi connectivity index (χ2v) is 4.91. The summed E-state index contributed by atoms with van der Waals surface area (Å²) in [6, 6.07) is 5.83. The molecular weight excluding hydrogens is 222 g/mol. The molecule has 1 aromatic heterocycles. The molecule has 0 amide bonds. The molecule has 0 aliphatic heterocycles. The smallest absolute Gasteiger partial charge is 0.126 e. The van der Waals surface area contributed by atoms with Gasteiger partial charge in [0.05, 0.1) is 22.1 Å². The van der Waals surface area contributed by atoms with Gasteiger partial charge in [-0.15, -0.1) is 0 Å². The van der Waals surface area contributed by atoms with Crippen LogP contribution >= 0.6 is 11.6 Å². The lowest BCUT2D eigenvalue weighted by Gasteiger charge is -2.10. The van der Waals surface area contributed by atoms with E-state index in [-0.39, 0.29) is 6.04 Å². The molecule has 4 heteroatoms. The molecule has 1 heterocycles. The molecule has 0 bridgehead atoms. The Hall–Kier alpha value is -1.06. The fourth-order valence-electron chi connectivity index (χ4n) is 2.20. The van der Waals surface area contributed by atoms with Crippen LogP contribution in [0.5, 0.6) is 0 Å². The number of fused-ring (bicyclic) bond motifs is 1.